The molecule has 7 nitrogen and oxygen atoms in total. The molecule has 1 N–H and O–H groups in total. The van der Waals surface area contributed by atoms with E-state index in [1.165, 1.54) is 4.90 Å². The summed E-state index contributed by atoms with van der Waals surface area (Å²) in [5, 5.41) is 3.08. The molecule has 0 unspecified atom stereocenters. The predicted molar refractivity (Wildman–Crippen MR) is 113 cm³/mol. The van der Waals surface area contributed by atoms with E-state index in [1.54, 1.807) is 24.3 Å². The number of amides is 4. The summed E-state index contributed by atoms with van der Waals surface area (Å²) in [4.78, 5) is 52.4. The lowest BCUT2D eigenvalue weighted by atomic mass is 9.91. The van der Waals surface area contributed by atoms with Crippen molar-refractivity contribution in [3.63, 3.8) is 0 Å². The molecule has 1 aromatic carbocycles. The van der Waals surface area contributed by atoms with Gasteiger partial charge in [-0.05, 0) is 36.8 Å². The molecular formula is C23H31N3O4. The molecule has 0 bridgehead atoms. The topological polar surface area (TPSA) is 86.8 Å². The fourth-order valence-electron chi connectivity index (χ4n) is 4.02. The molecule has 1 saturated heterocycles. The van der Waals surface area contributed by atoms with Crippen molar-refractivity contribution < 1.29 is 19.2 Å². The van der Waals surface area contributed by atoms with Gasteiger partial charge in [0, 0.05) is 38.5 Å². The second-order valence-electron chi connectivity index (χ2n) is 9.37. The predicted octanol–water partition coefficient (Wildman–Crippen LogP) is 2.61. The monoisotopic (exact) mass is 413 g/mol. The van der Waals surface area contributed by atoms with Crippen molar-refractivity contribution in [1.29, 1.82) is 0 Å². The van der Waals surface area contributed by atoms with E-state index >= 15 is 0 Å². The lowest BCUT2D eigenvalue weighted by Crippen LogP contribution is -2.47. The first-order valence-electron chi connectivity index (χ1n) is 10.7. The Hall–Kier alpha value is -2.70. The maximum absolute atomic E-state index is 12.5. The van der Waals surface area contributed by atoms with Crippen molar-refractivity contribution in [1.82, 2.24) is 15.1 Å². The maximum Gasteiger partial charge on any atom is 0.261 e. The van der Waals surface area contributed by atoms with Gasteiger partial charge in [0.05, 0.1) is 11.1 Å². The number of carbonyl (C=O) groups is 4. The molecule has 0 atom stereocenters. The van der Waals surface area contributed by atoms with Crippen molar-refractivity contribution in [2.75, 3.05) is 19.6 Å². The molecule has 2 aliphatic heterocycles. The number of nitrogens with zero attached hydrogens (tertiary/aromatic N) is 2. The summed E-state index contributed by atoms with van der Waals surface area (Å²) in [6.45, 7) is 7.59. The first kappa shape index (κ1) is 22.0. The van der Waals surface area contributed by atoms with Crippen LogP contribution in [0.2, 0.25) is 0 Å². The van der Waals surface area contributed by atoms with Crippen LogP contribution in [-0.2, 0) is 9.59 Å². The van der Waals surface area contributed by atoms with E-state index in [-0.39, 0.29) is 41.6 Å². The molecule has 1 aromatic rings. The normalized spacial score (nSPS) is 17.3. The number of rotatable bonds is 6. The van der Waals surface area contributed by atoms with Gasteiger partial charge in [-0.2, -0.15) is 0 Å². The van der Waals surface area contributed by atoms with Crippen LogP contribution in [0.3, 0.4) is 0 Å². The van der Waals surface area contributed by atoms with Crippen LogP contribution < -0.4 is 5.32 Å². The summed E-state index contributed by atoms with van der Waals surface area (Å²) in [5.41, 5.74) is 0.828. The SMILES string of the molecule is CC(C)(C)CC(=O)NC1CCN(C(=O)CCCN2C(=O)c3ccccc3C2=O)CC1. The number of carbonyl (C=O) groups excluding carboxylic acids is 4. The number of hydrogen-bond donors (Lipinski definition) is 1. The summed E-state index contributed by atoms with van der Waals surface area (Å²) in [5.74, 6) is -0.468. The third kappa shape index (κ3) is 5.26. The molecule has 0 spiro atoms. The zero-order valence-electron chi connectivity index (χ0n) is 18.1. The minimum absolute atomic E-state index is 0.0334. The first-order chi connectivity index (χ1) is 14.2. The van der Waals surface area contributed by atoms with E-state index in [2.05, 4.69) is 5.32 Å². The average molecular weight is 414 g/mol. The van der Waals surface area contributed by atoms with Crippen molar-refractivity contribution in [3.05, 3.63) is 35.4 Å². The Bertz CT molecular complexity index is 800. The van der Waals surface area contributed by atoms with Gasteiger partial charge in [-0.25, -0.2) is 0 Å². The lowest BCUT2D eigenvalue weighted by Gasteiger charge is -2.33. The third-order valence-corrected chi connectivity index (χ3v) is 5.55. The number of piperidine rings is 1. The van der Waals surface area contributed by atoms with Crippen LogP contribution in [0.15, 0.2) is 24.3 Å². The molecule has 162 valence electrons. The van der Waals surface area contributed by atoms with E-state index in [1.807, 2.05) is 25.7 Å². The first-order valence-corrected chi connectivity index (χ1v) is 10.7. The molecule has 7 heteroatoms. The lowest BCUT2D eigenvalue weighted by molar-refractivity contribution is -0.132. The molecule has 0 aliphatic carbocycles. The van der Waals surface area contributed by atoms with Crippen molar-refractivity contribution in [2.45, 2.75) is 58.9 Å². The summed E-state index contributed by atoms with van der Waals surface area (Å²) >= 11 is 0. The number of nitrogens with one attached hydrogen (secondary N) is 1. The minimum atomic E-state index is -0.283. The third-order valence-electron chi connectivity index (χ3n) is 5.55. The van der Waals surface area contributed by atoms with Gasteiger partial charge in [-0.3, -0.25) is 24.1 Å². The number of hydrogen-bond acceptors (Lipinski definition) is 4. The van der Waals surface area contributed by atoms with Crippen LogP contribution >= 0.6 is 0 Å². The van der Waals surface area contributed by atoms with Gasteiger partial charge >= 0.3 is 0 Å². The zero-order chi connectivity index (χ0) is 21.9. The Morgan fingerprint density at radius 1 is 1.03 bits per heavy atom. The molecule has 30 heavy (non-hydrogen) atoms. The molecule has 1 fully saturated rings. The van der Waals surface area contributed by atoms with E-state index in [0.717, 1.165) is 12.8 Å². The van der Waals surface area contributed by atoms with Crippen LogP contribution in [-0.4, -0.2) is 59.1 Å². The smallest absolute Gasteiger partial charge is 0.261 e. The van der Waals surface area contributed by atoms with E-state index in [9.17, 15) is 19.2 Å². The standard InChI is InChI=1S/C23H31N3O4/c1-23(2,3)15-19(27)24-16-10-13-25(14-11-16)20(28)9-6-12-26-21(29)17-7-4-5-8-18(17)22(26)30/h4-5,7-8,16H,6,9-15H2,1-3H3,(H,24,27). The van der Waals surface area contributed by atoms with Gasteiger partial charge in [0.25, 0.3) is 11.8 Å². The highest BCUT2D eigenvalue weighted by molar-refractivity contribution is 6.21. The van der Waals surface area contributed by atoms with Crippen LogP contribution in [0.4, 0.5) is 0 Å². The minimum Gasteiger partial charge on any atom is -0.353 e. The number of likely N-dealkylation sites (tertiary alicyclic amines) is 1. The van der Waals surface area contributed by atoms with Crippen LogP contribution in [0, 0.1) is 5.41 Å². The van der Waals surface area contributed by atoms with Gasteiger partial charge in [0.2, 0.25) is 11.8 Å². The largest absolute Gasteiger partial charge is 0.353 e. The highest BCUT2D eigenvalue weighted by Gasteiger charge is 2.34. The van der Waals surface area contributed by atoms with Crippen LogP contribution in [0.1, 0.15) is 73.6 Å². The number of imide groups is 1. The highest BCUT2D eigenvalue weighted by Crippen LogP contribution is 2.23. The quantitative estimate of drug-likeness (QED) is 0.727. The molecular weight excluding hydrogens is 382 g/mol. The Balaban J connectivity index is 1.39. The maximum atomic E-state index is 12.5. The summed E-state index contributed by atoms with van der Waals surface area (Å²) in [7, 11) is 0. The van der Waals surface area contributed by atoms with Gasteiger partial charge < -0.3 is 10.2 Å². The summed E-state index contributed by atoms with van der Waals surface area (Å²) in [6.07, 6.45) is 2.74. The number of benzene rings is 1. The van der Waals surface area contributed by atoms with Crippen LogP contribution in [0.25, 0.3) is 0 Å². The molecule has 0 radical (unpaired) electrons. The molecule has 2 aliphatic rings. The van der Waals surface area contributed by atoms with Gasteiger partial charge in [-0.1, -0.05) is 32.9 Å². The Morgan fingerprint density at radius 2 is 1.60 bits per heavy atom. The van der Waals surface area contributed by atoms with Crippen molar-refractivity contribution >= 4 is 23.6 Å². The van der Waals surface area contributed by atoms with E-state index < -0.39 is 0 Å². The molecule has 0 saturated carbocycles. The Kier molecular flexibility index (Phi) is 6.58. The van der Waals surface area contributed by atoms with Crippen molar-refractivity contribution in [3.8, 4) is 0 Å². The van der Waals surface area contributed by atoms with Gasteiger partial charge in [-0.15, -0.1) is 0 Å². The van der Waals surface area contributed by atoms with E-state index in [4.69, 9.17) is 0 Å². The number of fused-ring (bicyclic) bond motifs is 1. The van der Waals surface area contributed by atoms with Crippen LogP contribution in [0.5, 0.6) is 0 Å². The molecule has 0 aromatic heterocycles. The highest BCUT2D eigenvalue weighted by atomic mass is 16.2. The Labute approximate surface area is 177 Å². The fraction of sp³-hybridized carbons (Fsp3) is 0.565. The van der Waals surface area contributed by atoms with Crippen molar-refractivity contribution in [2.24, 2.45) is 5.41 Å². The summed E-state index contributed by atoms with van der Waals surface area (Å²) < 4.78 is 0. The van der Waals surface area contributed by atoms with Gasteiger partial charge in [0.1, 0.15) is 0 Å². The second-order valence-corrected chi connectivity index (χ2v) is 9.37. The molecule has 2 heterocycles. The summed E-state index contributed by atoms with van der Waals surface area (Å²) in [6, 6.07) is 6.91. The van der Waals surface area contributed by atoms with E-state index in [0.29, 0.717) is 43.5 Å². The molecule has 3 rings (SSSR count). The Morgan fingerprint density at radius 3 is 2.13 bits per heavy atom. The van der Waals surface area contributed by atoms with Gasteiger partial charge in [0.15, 0.2) is 0 Å². The second kappa shape index (κ2) is 8.98. The fourth-order valence-corrected chi connectivity index (χ4v) is 4.02. The molecule has 4 amide bonds. The zero-order valence-corrected chi connectivity index (χ0v) is 18.1. The average Bonchev–Trinajstić information content (AvgIpc) is 2.92.